The largest absolute Gasteiger partial charge is 0.317 e. The number of hydrogen-bond donors (Lipinski definition) is 1. The van der Waals surface area contributed by atoms with Crippen molar-refractivity contribution in [3.8, 4) is 0 Å². The van der Waals surface area contributed by atoms with Crippen molar-refractivity contribution in [2.45, 2.75) is 65.7 Å². The Morgan fingerprint density at radius 3 is 2.40 bits per heavy atom. The number of nitrogens with one attached hydrogen (secondary N) is 1. The van der Waals surface area contributed by atoms with Crippen LogP contribution in [-0.2, 0) is 0 Å². The Kier molecular flexibility index (Phi) is 5.66. The smallest absolute Gasteiger partial charge is 0.00439 e. The van der Waals surface area contributed by atoms with Crippen molar-refractivity contribution in [1.82, 2.24) is 5.32 Å². The number of hydrogen-bond acceptors (Lipinski definition) is 1. The molecular formula is C14H29N. The molecule has 1 heteroatoms. The molecule has 0 aliphatic heterocycles. The maximum atomic E-state index is 3.44. The first kappa shape index (κ1) is 13.0. The second-order valence-electron chi connectivity index (χ2n) is 5.98. The third-order valence-corrected chi connectivity index (χ3v) is 3.79. The molecule has 0 atom stereocenters. The summed E-state index contributed by atoms with van der Waals surface area (Å²) in [5.41, 5.74) is 0.546. The van der Waals surface area contributed by atoms with Crippen LogP contribution in [0.5, 0.6) is 0 Å². The van der Waals surface area contributed by atoms with Crippen LogP contribution in [0, 0.1) is 11.3 Å². The third-order valence-electron chi connectivity index (χ3n) is 3.79. The van der Waals surface area contributed by atoms with Crippen LogP contribution in [-0.4, -0.2) is 13.1 Å². The highest BCUT2D eigenvalue weighted by molar-refractivity contribution is 4.76. The van der Waals surface area contributed by atoms with Gasteiger partial charge in [-0.15, -0.1) is 0 Å². The first-order valence-electron chi connectivity index (χ1n) is 6.85. The zero-order valence-corrected chi connectivity index (χ0v) is 10.9. The third kappa shape index (κ3) is 5.55. The summed E-state index contributed by atoms with van der Waals surface area (Å²) in [5.74, 6) is 1.02. The maximum Gasteiger partial charge on any atom is -0.00439 e. The van der Waals surface area contributed by atoms with Gasteiger partial charge in [0.05, 0.1) is 0 Å². The molecule has 0 saturated heterocycles. The van der Waals surface area contributed by atoms with Gasteiger partial charge in [-0.3, -0.25) is 0 Å². The Balaban J connectivity index is 2.20. The summed E-state index contributed by atoms with van der Waals surface area (Å²) in [6, 6.07) is 0. The van der Waals surface area contributed by atoms with E-state index in [4.69, 9.17) is 0 Å². The van der Waals surface area contributed by atoms with Gasteiger partial charge in [-0.05, 0) is 37.3 Å². The SMILES string of the molecule is CCNCCC(C)(C)CC1CCCCC1. The van der Waals surface area contributed by atoms with Crippen LogP contribution in [0.1, 0.15) is 65.7 Å². The van der Waals surface area contributed by atoms with Crippen molar-refractivity contribution in [2.75, 3.05) is 13.1 Å². The molecule has 0 unspecified atom stereocenters. The minimum Gasteiger partial charge on any atom is -0.317 e. The summed E-state index contributed by atoms with van der Waals surface area (Å²) in [7, 11) is 0. The van der Waals surface area contributed by atoms with Crippen LogP contribution in [0.25, 0.3) is 0 Å². The summed E-state index contributed by atoms with van der Waals surface area (Å²) in [4.78, 5) is 0. The Hall–Kier alpha value is -0.0400. The fourth-order valence-corrected chi connectivity index (χ4v) is 2.88. The van der Waals surface area contributed by atoms with E-state index in [-0.39, 0.29) is 0 Å². The molecule has 1 N–H and O–H groups in total. The fourth-order valence-electron chi connectivity index (χ4n) is 2.88. The van der Waals surface area contributed by atoms with Gasteiger partial charge < -0.3 is 5.32 Å². The van der Waals surface area contributed by atoms with E-state index in [1.54, 1.807) is 0 Å². The van der Waals surface area contributed by atoms with Crippen molar-refractivity contribution >= 4 is 0 Å². The molecule has 15 heavy (non-hydrogen) atoms. The van der Waals surface area contributed by atoms with Gasteiger partial charge in [-0.2, -0.15) is 0 Å². The predicted octanol–water partition coefficient (Wildman–Crippen LogP) is 3.98. The summed E-state index contributed by atoms with van der Waals surface area (Å²) < 4.78 is 0. The van der Waals surface area contributed by atoms with E-state index in [9.17, 15) is 0 Å². The van der Waals surface area contributed by atoms with Gasteiger partial charge in [0.1, 0.15) is 0 Å². The summed E-state index contributed by atoms with van der Waals surface area (Å²) in [6.07, 6.45) is 10.2. The molecule has 0 bridgehead atoms. The molecule has 0 amide bonds. The fraction of sp³-hybridized carbons (Fsp3) is 1.00. The zero-order chi connectivity index (χ0) is 11.1. The molecule has 0 heterocycles. The molecule has 0 spiro atoms. The molecule has 0 aromatic heterocycles. The van der Waals surface area contributed by atoms with Crippen molar-refractivity contribution in [2.24, 2.45) is 11.3 Å². The highest BCUT2D eigenvalue weighted by Gasteiger charge is 2.24. The molecule has 1 saturated carbocycles. The lowest BCUT2D eigenvalue weighted by Crippen LogP contribution is -2.25. The van der Waals surface area contributed by atoms with Gasteiger partial charge in [0.2, 0.25) is 0 Å². The standard InChI is InChI=1S/C14H29N/c1-4-15-11-10-14(2,3)12-13-8-6-5-7-9-13/h13,15H,4-12H2,1-3H3. The Labute approximate surface area is 96.0 Å². The molecule has 1 aliphatic carbocycles. The average Bonchev–Trinajstić information content (AvgIpc) is 2.18. The average molecular weight is 211 g/mol. The van der Waals surface area contributed by atoms with Gasteiger partial charge >= 0.3 is 0 Å². The van der Waals surface area contributed by atoms with E-state index in [0.29, 0.717) is 5.41 Å². The molecular weight excluding hydrogens is 182 g/mol. The van der Waals surface area contributed by atoms with Crippen molar-refractivity contribution in [3.63, 3.8) is 0 Å². The molecule has 0 aromatic rings. The molecule has 90 valence electrons. The monoisotopic (exact) mass is 211 g/mol. The van der Waals surface area contributed by atoms with E-state index < -0.39 is 0 Å². The normalized spacial score (nSPS) is 19.4. The maximum absolute atomic E-state index is 3.44. The van der Waals surface area contributed by atoms with E-state index in [1.807, 2.05) is 0 Å². The van der Waals surface area contributed by atoms with Crippen molar-refractivity contribution < 1.29 is 0 Å². The Morgan fingerprint density at radius 1 is 1.13 bits per heavy atom. The lowest BCUT2D eigenvalue weighted by atomic mass is 9.75. The second-order valence-corrected chi connectivity index (χ2v) is 5.98. The first-order chi connectivity index (χ1) is 7.14. The summed E-state index contributed by atoms with van der Waals surface area (Å²) in [6.45, 7) is 9.38. The van der Waals surface area contributed by atoms with E-state index in [2.05, 4.69) is 26.1 Å². The minimum atomic E-state index is 0.546. The van der Waals surface area contributed by atoms with Gasteiger partial charge in [-0.1, -0.05) is 52.9 Å². The second kappa shape index (κ2) is 6.52. The Bertz CT molecular complexity index is 157. The van der Waals surface area contributed by atoms with Crippen molar-refractivity contribution in [3.05, 3.63) is 0 Å². The minimum absolute atomic E-state index is 0.546. The topological polar surface area (TPSA) is 12.0 Å². The predicted molar refractivity (Wildman–Crippen MR) is 68.1 cm³/mol. The number of rotatable bonds is 6. The van der Waals surface area contributed by atoms with E-state index >= 15 is 0 Å². The van der Waals surface area contributed by atoms with Crippen LogP contribution in [0.4, 0.5) is 0 Å². The van der Waals surface area contributed by atoms with E-state index in [1.165, 1.54) is 51.5 Å². The Morgan fingerprint density at radius 2 is 1.80 bits per heavy atom. The van der Waals surface area contributed by atoms with Crippen LogP contribution < -0.4 is 5.32 Å². The van der Waals surface area contributed by atoms with Gasteiger partial charge in [0, 0.05) is 0 Å². The summed E-state index contributed by atoms with van der Waals surface area (Å²) >= 11 is 0. The molecule has 1 nitrogen and oxygen atoms in total. The van der Waals surface area contributed by atoms with Gasteiger partial charge in [-0.25, -0.2) is 0 Å². The van der Waals surface area contributed by atoms with Crippen LogP contribution >= 0.6 is 0 Å². The van der Waals surface area contributed by atoms with E-state index in [0.717, 1.165) is 12.5 Å². The van der Waals surface area contributed by atoms with Crippen LogP contribution in [0.3, 0.4) is 0 Å². The lowest BCUT2D eigenvalue weighted by Gasteiger charge is -2.32. The van der Waals surface area contributed by atoms with Crippen LogP contribution in [0.15, 0.2) is 0 Å². The van der Waals surface area contributed by atoms with Crippen molar-refractivity contribution in [1.29, 1.82) is 0 Å². The first-order valence-corrected chi connectivity index (χ1v) is 6.85. The van der Waals surface area contributed by atoms with Crippen LogP contribution in [0.2, 0.25) is 0 Å². The highest BCUT2D eigenvalue weighted by Crippen LogP contribution is 2.36. The summed E-state index contributed by atoms with van der Waals surface area (Å²) in [5, 5.41) is 3.44. The molecule has 0 radical (unpaired) electrons. The molecule has 1 rings (SSSR count). The molecule has 1 fully saturated rings. The van der Waals surface area contributed by atoms with Gasteiger partial charge in [0.25, 0.3) is 0 Å². The molecule has 0 aromatic carbocycles. The molecule has 1 aliphatic rings. The lowest BCUT2D eigenvalue weighted by molar-refractivity contribution is 0.208. The zero-order valence-electron chi connectivity index (χ0n) is 10.9. The van der Waals surface area contributed by atoms with Gasteiger partial charge in [0.15, 0.2) is 0 Å². The highest BCUT2D eigenvalue weighted by atomic mass is 14.8. The quantitative estimate of drug-likeness (QED) is 0.655.